The number of benzene rings is 1. The summed E-state index contributed by atoms with van der Waals surface area (Å²) in [4.78, 5) is 0. The molecule has 1 aromatic rings. The maximum atomic E-state index is 5.89. The fourth-order valence-corrected chi connectivity index (χ4v) is 1.55. The van der Waals surface area contributed by atoms with Gasteiger partial charge < -0.3 is 9.47 Å². The highest BCUT2D eigenvalue weighted by Crippen LogP contribution is 2.22. The zero-order chi connectivity index (χ0) is 10.4. The minimum absolute atomic E-state index is 0.0636. The van der Waals surface area contributed by atoms with Crippen molar-refractivity contribution in [3.63, 3.8) is 0 Å². The normalized spacial score (nSPS) is 12.8. The number of halogens is 1. The molecule has 1 unspecified atom stereocenters. The molecule has 0 saturated carbocycles. The minimum atomic E-state index is 0.0636. The van der Waals surface area contributed by atoms with Crippen LogP contribution in [0.15, 0.2) is 24.3 Å². The first-order valence-corrected chi connectivity index (χ1v) is 4.93. The molecule has 0 bridgehead atoms. The van der Waals surface area contributed by atoms with Crippen LogP contribution in [-0.2, 0) is 9.47 Å². The minimum Gasteiger partial charge on any atom is -0.385 e. The maximum absolute atomic E-state index is 5.89. The van der Waals surface area contributed by atoms with E-state index in [9.17, 15) is 0 Å². The third-order valence-electron chi connectivity index (χ3n) is 2.09. The van der Waals surface area contributed by atoms with Gasteiger partial charge in [-0.1, -0.05) is 23.7 Å². The molecular weight excluding hydrogens is 200 g/mol. The highest BCUT2D eigenvalue weighted by Gasteiger charge is 2.09. The second-order valence-electron chi connectivity index (χ2n) is 3.06. The highest BCUT2D eigenvalue weighted by molar-refractivity contribution is 6.30. The predicted octanol–water partition coefficient (Wildman–Crippen LogP) is 3.06. The number of hydrogen-bond acceptors (Lipinski definition) is 2. The first-order chi connectivity index (χ1) is 6.77. The van der Waals surface area contributed by atoms with Crippen molar-refractivity contribution in [2.75, 3.05) is 20.8 Å². The Morgan fingerprint density at radius 2 is 2.14 bits per heavy atom. The second kappa shape index (κ2) is 6.02. The molecule has 1 atom stereocenters. The topological polar surface area (TPSA) is 18.5 Å². The van der Waals surface area contributed by atoms with E-state index in [0.717, 1.165) is 17.0 Å². The zero-order valence-electron chi connectivity index (χ0n) is 8.50. The lowest BCUT2D eigenvalue weighted by molar-refractivity contribution is 0.0662. The Morgan fingerprint density at radius 1 is 1.36 bits per heavy atom. The average molecular weight is 215 g/mol. The summed E-state index contributed by atoms with van der Waals surface area (Å²) in [5, 5.41) is 0.738. The number of methoxy groups -OCH3 is 2. The van der Waals surface area contributed by atoms with Crippen molar-refractivity contribution in [2.24, 2.45) is 0 Å². The third-order valence-corrected chi connectivity index (χ3v) is 2.32. The summed E-state index contributed by atoms with van der Waals surface area (Å²) in [6.07, 6.45) is 0.904. The smallest absolute Gasteiger partial charge is 0.0843 e. The molecule has 78 valence electrons. The molecule has 0 radical (unpaired) electrons. The van der Waals surface area contributed by atoms with Crippen molar-refractivity contribution in [3.05, 3.63) is 34.9 Å². The van der Waals surface area contributed by atoms with Crippen molar-refractivity contribution in [1.29, 1.82) is 0 Å². The van der Waals surface area contributed by atoms with E-state index in [1.165, 1.54) is 0 Å². The van der Waals surface area contributed by atoms with Crippen LogP contribution < -0.4 is 0 Å². The SMILES string of the molecule is COCCC(OC)c1cccc(Cl)c1. The van der Waals surface area contributed by atoms with Crippen LogP contribution in [0.5, 0.6) is 0 Å². The molecule has 0 aliphatic heterocycles. The Bertz CT molecular complexity index is 276. The fourth-order valence-electron chi connectivity index (χ4n) is 1.35. The molecule has 14 heavy (non-hydrogen) atoms. The van der Waals surface area contributed by atoms with Gasteiger partial charge in [-0.2, -0.15) is 0 Å². The Kier molecular flexibility index (Phi) is 4.94. The highest BCUT2D eigenvalue weighted by atomic mass is 35.5. The van der Waals surface area contributed by atoms with Crippen LogP contribution in [0.1, 0.15) is 18.1 Å². The van der Waals surface area contributed by atoms with Crippen molar-refractivity contribution < 1.29 is 9.47 Å². The van der Waals surface area contributed by atoms with Gasteiger partial charge in [0.1, 0.15) is 0 Å². The molecule has 0 saturated heterocycles. The lowest BCUT2D eigenvalue weighted by Gasteiger charge is -2.15. The Hall–Kier alpha value is -0.570. The molecular formula is C11H15ClO2. The zero-order valence-corrected chi connectivity index (χ0v) is 9.25. The van der Waals surface area contributed by atoms with E-state index in [0.29, 0.717) is 6.61 Å². The molecule has 0 N–H and O–H groups in total. The molecule has 0 aliphatic carbocycles. The van der Waals surface area contributed by atoms with Crippen LogP contribution in [0.25, 0.3) is 0 Å². The molecule has 0 aliphatic rings. The van der Waals surface area contributed by atoms with Gasteiger partial charge in [0.15, 0.2) is 0 Å². The quantitative estimate of drug-likeness (QED) is 0.750. The monoisotopic (exact) mass is 214 g/mol. The Balaban J connectivity index is 2.68. The molecule has 0 fully saturated rings. The van der Waals surface area contributed by atoms with Crippen LogP contribution in [-0.4, -0.2) is 20.8 Å². The van der Waals surface area contributed by atoms with E-state index in [2.05, 4.69) is 0 Å². The van der Waals surface area contributed by atoms with Gasteiger partial charge in [-0.3, -0.25) is 0 Å². The lowest BCUT2D eigenvalue weighted by Crippen LogP contribution is -2.04. The van der Waals surface area contributed by atoms with E-state index in [1.54, 1.807) is 14.2 Å². The molecule has 0 spiro atoms. The largest absolute Gasteiger partial charge is 0.385 e. The summed E-state index contributed by atoms with van der Waals surface area (Å²) in [7, 11) is 3.38. The number of ether oxygens (including phenoxy) is 2. The van der Waals surface area contributed by atoms with E-state index < -0.39 is 0 Å². The Morgan fingerprint density at radius 3 is 2.71 bits per heavy atom. The van der Waals surface area contributed by atoms with Crippen LogP contribution in [0, 0.1) is 0 Å². The van der Waals surface area contributed by atoms with E-state index >= 15 is 0 Å². The first-order valence-electron chi connectivity index (χ1n) is 4.55. The third kappa shape index (κ3) is 3.29. The van der Waals surface area contributed by atoms with Crippen LogP contribution in [0.2, 0.25) is 5.02 Å². The van der Waals surface area contributed by atoms with Gasteiger partial charge >= 0.3 is 0 Å². The van der Waals surface area contributed by atoms with Gasteiger partial charge in [-0.05, 0) is 17.7 Å². The molecule has 3 heteroatoms. The van der Waals surface area contributed by atoms with Crippen LogP contribution in [0.3, 0.4) is 0 Å². The van der Waals surface area contributed by atoms with Crippen molar-refractivity contribution in [2.45, 2.75) is 12.5 Å². The summed E-state index contributed by atoms with van der Waals surface area (Å²) >= 11 is 5.89. The van der Waals surface area contributed by atoms with Crippen molar-refractivity contribution in [3.8, 4) is 0 Å². The summed E-state index contributed by atoms with van der Waals surface area (Å²) < 4.78 is 10.4. The second-order valence-corrected chi connectivity index (χ2v) is 3.50. The van der Waals surface area contributed by atoms with Gasteiger partial charge in [0, 0.05) is 32.3 Å². The fraction of sp³-hybridized carbons (Fsp3) is 0.455. The molecule has 0 amide bonds. The van der Waals surface area contributed by atoms with Gasteiger partial charge in [0.25, 0.3) is 0 Å². The maximum Gasteiger partial charge on any atom is 0.0843 e. The van der Waals surface area contributed by atoms with E-state index in [4.69, 9.17) is 21.1 Å². The van der Waals surface area contributed by atoms with Crippen molar-refractivity contribution >= 4 is 11.6 Å². The van der Waals surface area contributed by atoms with Crippen molar-refractivity contribution in [1.82, 2.24) is 0 Å². The predicted molar refractivity (Wildman–Crippen MR) is 57.7 cm³/mol. The van der Waals surface area contributed by atoms with Crippen LogP contribution >= 0.6 is 11.6 Å². The Labute approximate surface area is 89.8 Å². The van der Waals surface area contributed by atoms with Gasteiger partial charge in [-0.15, -0.1) is 0 Å². The van der Waals surface area contributed by atoms with Gasteiger partial charge in [0.2, 0.25) is 0 Å². The van der Waals surface area contributed by atoms with Gasteiger partial charge in [-0.25, -0.2) is 0 Å². The number of hydrogen-bond donors (Lipinski definition) is 0. The first kappa shape index (κ1) is 11.5. The molecule has 0 aromatic heterocycles. The molecule has 0 heterocycles. The number of rotatable bonds is 5. The average Bonchev–Trinajstić information content (AvgIpc) is 2.19. The van der Waals surface area contributed by atoms with E-state index in [-0.39, 0.29) is 6.10 Å². The summed E-state index contributed by atoms with van der Waals surface area (Å²) in [5.74, 6) is 0. The summed E-state index contributed by atoms with van der Waals surface area (Å²) in [6, 6.07) is 7.71. The van der Waals surface area contributed by atoms with E-state index in [1.807, 2.05) is 24.3 Å². The lowest BCUT2D eigenvalue weighted by atomic mass is 10.1. The summed E-state index contributed by atoms with van der Waals surface area (Å²) in [5.41, 5.74) is 1.09. The molecule has 2 nitrogen and oxygen atoms in total. The van der Waals surface area contributed by atoms with Crippen LogP contribution in [0.4, 0.5) is 0 Å². The molecule has 1 aromatic carbocycles. The summed E-state index contributed by atoms with van der Waals surface area (Å²) in [6.45, 7) is 0.686. The standard InChI is InChI=1S/C11H15ClO2/c1-13-7-6-11(14-2)9-4-3-5-10(12)8-9/h3-5,8,11H,6-7H2,1-2H3. The molecule has 1 rings (SSSR count). The van der Waals surface area contributed by atoms with Gasteiger partial charge in [0.05, 0.1) is 6.10 Å².